The highest BCUT2D eigenvalue weighted by Gasteiger charge is 2.46. The molecule has 3 aliphatic rings. The highest BCUT2D eigenvalue weighted by Crippen LogP contribution is 2.36. The second-order valence-electron chi connectivity index (χ2n) is 10.9. The summed E-state index contributed by atoms with van der Waals surface area (Å²) in [6, 6.07) is 18.9. The number of rotatable bonds is 5. The van der Waals surface area contributed by atoms with E-state index in [0.29, 0.717) is 36.4 Å². The summed E-state index contributed by atoms with van der Waals surface area (Å²) in [6.45, 7) is 1.63. The average Bonchev–Trinajstić information content (AvgIpc) is 3.43. The fourth-order valence-corrected chi connectivity index (χ4v) is 8.03. The Morgan fingerprint density at radius 1 is 0.974 bits per heavy atom. The van der Waals surface area contributed by atoms with E-state index in [1.807, 2.05) is 36.2 Å². The second-order valence-corrected chi connectivity index (χ2v) is 13.1. The molecular formula is C30H31N3O5S. The minimum Gasteiger partial charge on any atom is -0.370 e. The summed E-state index contributed by atoms with van der Waals surface area (Å²) in [4.78, 5) is 45.2. The van der Waals surface area contributed by atoms with Crippen molar-refractivity contribution < 1.29 is 22.8 Å². The zero-order valence-corrected chi connectivity index (χ0v) is 22.7. The number of piperidine rings is 1. The minimum absolute atomic E-state index is 0.0138. The van der Waals surface area contributed by atoms with Crippen molar-refractivity contribution in [3.05, 3.63) is 77.4 Å². The Morgan fingerprint density at radius 2 is 1.74 bits per heavy atom. The number of carbonyl (C=O) groups excluding carboxylic acids is 3. The van der Waals surface area contributed by atoms with Crippen LogP contribution in [0, 0.1) is 5.92 Å². The highest BCUT2D eigenvalue weighted by atomic mass is 32.2. The lowest BCUT2D eigenvalue weighted by atomic mass is 9.94. The highest BCUT2D eigenvalue weighted by molar-refractivity contribution is 7.91. The molecule has 0 bridgehead atoms. The van der Waals surface area contributed by atoms with Crippen LogP contribution >= 0.6 is 0 Å². The first-order chi connectivity index (χ1) is 18.7. The van der Waals surface area contributed by atoms with E-state index in [0.717, 1.165) is 34.1 Å². The smallest absolute Gasteiger partial charge is 0.263 e. The normalized spacial score (nSPS) is 22.4. The van der Waals surface area contributed by atoms with Crippen LogP contribution < -0.4 is 4.90 Å². The van der Waals surface area contributed by atoms with Crippen LogP contribution in [-0.2, 0) is 21.2 Å². The van der Waals surface area contributed by atoms with Gasteiger partial charge in [-0.05, 0) is 47.7 Å². The van der Waals surface area contributed by atoms with Gasteiger partial charge in [-0.3, -0.25) is 19.3 Å². The zero-order chi connectivity index (χ0) is 27.3. The van der Waals surface area contributed by atoms with Crippen molar-refractivity contribution >= 4 is 44.0 Å². The molecule has 9 heteroatoms. The molecule has 2 saturated heterocycles. The van der Waals surface area contributed by atoms with Crippen LogP contribution in [0.5, 0.6) is 0 Å². The van der Waals surface area contributed by atoms with Crippen LogP contribution in [0.15, 0.2) is 60.7 Å². The van der Waals surface area contributed by atoms with Crippen molar-refractivity contribution in [2.75, 3.05) is 36.5 Å². The molecule has 202 valence electrons. The van der Waals surface area contributed by atoms with Crippen molar-refractivity contribution in [2.45, 2.75) is 31.8 Å². The number of hydrogen-bond acceptors (Lipinski definition) is 6. The maximum atomic E-state index is 13.6. The van der Waals surface area contributed by atoms with E-state index in [1.165, 1.54) is 0 Å². The maximum Gasteiger partial charge on any atom is 0.263 e. The molecule has 2 fully saturated rings. The Labute approximate surface area is 228 Å². The Bertz CT molecular complexity index is 1600. The number of imide groups is 1. The van der Waals surface area contributed by atoms with Crippen molar-refractivity contribution in [3.63, 3.8) is 0 Å². The van der Waals surface area contributed by atoms with Gasteiger partial charge in [-0.1, -0.05) is 48.5 Å². The van der Waals surface area contributed by atoms with E-state index in [4.69, 9.17) is 0 Å². The fourth-order valence-electron chi connectivity index (χ4n) is 6.33. The predicted molar refractivity (Wildman–Crippen MR) is 149 cm³/mol. The third-order valence-electron chi connectivity index (χ3n) is 8.27. The molecule has 8 nitrogen and oxygen atoms in total. The molecule has 3 heterocycles. The molecule has 3 amide bonds. The average molecular weight is 546 g/mol. The monoisotopic (exact) mass is 545 g/mol. The van der Waals surface area contributed by atoms with Crippen molar-refractivity contribution in [2.24, 2.45) is 5.92 Å². The van der Waals surface area contributed by atoms with Gasteiger partial charge in [-0.2, -0.15) is 0 Å². The fraction of sp³-hybridized carbons (Fsp3) is 0.367. The Kier molecular flexibility index (Phi) is 6.41. The summed E-state index contributed by atoms with van der Waals surface area (Å²) in [5, 5.41) is 2.27. The number of carbonyl (C=O) groups is 3. The number of sulfone groups is 1. The van der Waals surface area contributed by atoms with Gasteiger partial charge in [0.1, 0.15) is 0 Å². The lowest BCUT2D eigenvalue weighted by molar-refractivity contribution is -0.135. The van der Waals surface area contributed by atoms with Gasteiger partial charge in [0.05, 0.1) is 40.3 Å². The first-order valence-corrected chi connectivity index (χ1v) is 15.2. The molecule has 0 spiro atoms. The molecule has 0 N–H and O–H groups in total. The Balaban J connectivity index is 1.21. The van der Waals surface area contributed by atoms with Crippen molar-refractivity contribution in [3.8, 4) is 0 Å². The molecule has 2 unspecified atom stereocenters. The second kappa shape index (κ2) is 9.79. The largest absolute Gasteiger partial charge is 0.370 e. The van der Waals surface area contributed by atoms with E-state index in [-0.39, 0.29) is 29.8 Å². The molecule has 0 radical (unpaired) electrons. The van der Waals surface area contributed by atoms with Crippen LogP contribution in [0.1, 0.15) is 45.5 Å². The van der Waals surface area contributed by atoms with Crippen LogP contribution in [-0.4, -0.2) is 73.6 Å². The number of fused-ring (bicyclic) bond motifs is 2. The van der Waals surface area contributed by atoms with Gasteiger partial charge in [0.15, 0.2) is 9.84 Å². The molecule has 0 saturated carbocycles. The predicted octanol–water partition coefficient (Wildman–Crippen LogP) is 3.50. The Morgan fingerprint density at radius 3 is 2.54 bits per heavy atom. The van der Waals surface area contributed by atoms with E-state index < -0.39 is 27.7 Å². The van der Waals surface area contributed by atoms with Gasteiger partial charge in [-0.15, -0.1) is 0 Å². The van der Waals surface area contributed by atoms with Gasteiger partial charge >= 0.3 is 0 Å². The summed E-state index contributed by atoms with van der Waals surface area (Å²) in [6.07, 6.45) is 1.81. The molecule has 0 aromatic heterocycles. The lowest BCUT2D eigenvalue weighted by Gasteiger charge is -2.36. The number of benzene rings is 3. The Hall–Kier alpha value is -3.72. The van der Waals surface area contributed by atoms with E-state index >= 15 is 0 Å². The zero-order valence-electron chi connectivity index (χ0n) is 21.9. The summed E-state index contributed by atoms with van der Waals surface area (Å²) in [7, 11) is -1.42. The third-order valence-corrected chi connectivity index (χ3v) is 10.0. The molecule has 0 aliphatic carbocycles. The SMILES string of the molecule is CN(Cc1cccc2ccccc12)C(=O)C1CCCN(c2cccc3c2C(=O)N(C2CCS(=O)(=O)C2)C3=O)C1. The first kappa shape index (κ1) is 25.6. The van der Waals surface area contributed by atoms with Gasteiger partial charge in [-0.25, -0.2) is 8.42 Å². The molecule has 3 aromatic carbocycles. The van der Waals surface area contributed by atoms with Gasteiger partial charge < -0.3 is 9.80 Å². The molecule has 3 aliphatic heterocycles. The van der Waals surface area contributed by atoms with E-state index in [9.17, 15) is 22.8 Å². The topological polar surface area (TPSA) is 95.1 Å². The molecule has 6 rings (SSSR count). The molecule has 3 aromatic rings. The van der Waals surface area contributed by atoms with Crippen LogP contribution in [0.3, 0.4) is 0 Å². The lowest BCUT2D eigenvalue weighted by Crippen LogP contribution is -2.44. The molecule has 2 atom stereocenters. The van der Waals surface area contributed by atoms with Crippen LogP contribution in [0.2, 0.25) is 0 Å². The maximum absolute atomic E-state index is 13.6. The third kappa shape index (κ3) is 4.58. The van der Waals surface area contributed by atoms with Gasteiger partial charge in [0.2, 0.25) is 5.91 Å². The van der Waals surface area contributed by atoms with Crippen molar-refractivity contribution in [1.29, 1.82) is 0 Å². The summed E-state index contributed by atoms with van der Waals surface area (Å²) >= 11 is 0. The quantitative estimate of drug-likeness (QED) is 0.456. The number of anilines is 1. The summed E-state index contributed by atoms with van der Waals surface area (Å²) < 4.78 is 24.1. The van der Waals surface area contributed by atoms with Gasteiger partial charge in [0, 0.05) is 26.7 Å². The van der Waals surface area contributed by atoms with E-state index in [2.05, 4.69) is 24.3 Å². The summed E-state index contributed by atoms with van der Waals surface area (Å²) in [5.41, 5.74) is 2.37. The number of nitrogens with zero attached hydrogens (tertiary/aromatic N) is 3. The molecule has 39 heavy (non-hydrogen) atoms. The molecular weight excluding hydrogens is 514 g/mol. The van der Waals surface area contributed by atoms with Crippen molar-refractivity contribution in [1.82, 2.24) is 9.80 Å². The van der Waals surface area contributed by atoms with Gasteiger partial charge in [0.25, 0.3) is 11.8 Å². The minimum atomic E-state index is -3.26. The van der Waals surface area contributed by atoms with E-state index in [1.54, 1.807) is 17.0 Å². The standard InChI is InChI=1S/C30H31N3O5S/c1-31(17-21-9-4-8-20-7-2-3-11-24(20)21)28(34)22-10-6-15-32(18-22)26-13-5-12-25-27(26)30(36)33(29(25)35)23-14-16-39(37,38)19-23/h2-5,7-9,11-13,22-23H,6,10,14-19H2,1H3. The van der Waals surface area contributed by atoms with Crippen LogP contribution in [0.25, 0.3) is 10.8 Å². The summed E-state index contributed by atoms with van der Waals surface area (Å²) in [5.74, 6) is -1.25. The first-order valence-electron chi connectivity index (χ1n) is 13.4. The van der Waals surface area contributed by atoms with Crippen LogP contribution in [0.4, 0.5) is 5.69 Å². The number of hydrogen-bond donors (Lipinski definition) is 0. The number of amides is 3.